The molecule has 0 spiro atoms. The number of benzene rings is 2. The number of rotatable bonds is 5. The minimum Gasteiger partial charge on any atom is -0.445 e. The zero-order chi connectivity index (χ0) is 18.8. The van der Waals surface area contributed by atoms with Crippen molar-refractivity contribution in [2.24, 2.45) is 0 Å². The summed E-state index contributed by atoms with van der Waals surface area (Å²) in [6.07, 6.45) is -0.122. The number of carbonyl (C=O) groups excluding carboxylic acids is 1. The van der Waals surface area contributed by atoms with Crippen LogP contribution in [0.2, 0.25) is 0 Å². The van der Waals surface area contributed by atoms with Crippen molar-refractivity contribution in [3.63, 3.8) is 0 Å². The molecular formula is C19H16F3NO2S. The van der Waals surface area contributed by atoms with E-state index < -0.39 is 11.6 Å². The fourth-order valence-electron chi connectivity index (χ4n) is 1.91. The van der Waals surface area contributed by atoms with Crippen LogP contribution in [0, 0.1) is 11.8 Å². The summed E-state index contributed by atoms with van der Waals surface area (Å²) in [5.41, 5.74) is -2.79. The van der Waals surface area contributed by atoms with Crippen LogP contribution in [0.5, 0.6) is 0 Å². The fourth-order valence-corrected chi connectivity index (χ4v) is 2.45. The number of amides is 1. The summed E-state index contributed by atoms with van der Waals surface area (Å²) in [6, 6.07) is 15.1. The van der Waals surface area contributed by atoms with Crippen LogP contribution in [-0.4, -0.2) is 18.1 Å². The summed E-state index contributed by atoms with van der Waals surface area (Å²) in [4.78, 5) is 11.6. The lowest BCUT2D eigenvalue weighted by Crippen LogP contribution is -2.24. The quantitative estimate of drug-likeness (QED) is 0.453. The number of alkyl halides is 3. The number of carbonyl (C=O) groups is 1. The van der Waals surface area contributed by atoms with Gasteiger partial charge in [0, 0.05) is 23.4 Å². The maximum atomic E-state index is 12.2. The molecule has 0 unspecified atom stereocenters. The lowest BCUT2D eigenvalue weighted by Gasteiger charge is -2.05. The van der Waals surface area contributed by atoms with E-state index in [2.05, 4.69) is 17.2 Å². The molecule has 0 saturated heterocycles. The highest BCUT2D eigenvalue weighted by Gasteiger charge is 2.28. The molecule has 7 heteroatoms. The van der Waals surface area contributed by atoms with Gasteiger partial charge in [0.25, 0.3) is 0 Å². The molecule has 1 amide bonds. The van der Waals surface area contributed by atoms with E-state index in [0.717, 1.165) is 5.56 Å². The molecular weight excluding hydrogens is 363 g/mol. The number of alkyl carbamates (subject to hydrolysis) is 1. The Bertz CT molecular complexity index is 765. The molecule has 0 saturated carbocycles. The smallest absolute Gasteiger partial charge is 0.445 e. The van der Waals surface area contributed by atoms with E-state index in [-0.39, 0.29) is 23.3 Å². The zero-order valence-electron chi connectivity index (χ0n) is 13.7. The van der Waals surface area contributed by atoms with Gasteiger partial charge in [-0.3, -0.25) is 0 Å². The average Bonchev–Trinajstić information content (AvgIpc) is 2.61. The molecule has 1 N–H and O–H groups in total. The van der Waals surface area contributed by atoms with Crippen molar-refractivity contribution >= 4 is 17.9 Å². The van der Waals surface area contributed by atoms with Gasteiger partial charge in [0.2, 0.25) is 0 Å². The van der Waals surface area contributed by atoms with Crippen LogP contribution in [0.4, 0.5) is 18.0 Å². The molecule has 0 aromatic heterocycles. The monoisotopic (exact) mass is 379 g/mol. The Morgan fingerprint density at radius 3 is 2.42 bits per heavy atom. The van der Waals surface area contributed by atoms with E-state index in [1.807, 2.05) is 30.3 Å². The van der Waals surface area contributed by atoms with Crippen LogP contribution in [-0.2, 0) is 11.3 Å². The first-order chi connectivity index (χ1) is 12.4. The maximum Gasteiger partial charge on any atom is 0.446 e. The van der Waals surface area contributed by atoms with Crippen LogP contribution in [0.25, 0.3) is 0 Å². The Kier molecular flexibility index (Phi) is 7.42. The summed E-state index contributed by atoms with van der Waals surface area (Å²) in [5.74, 6) is 5.68. The molecule has 0 aliphatic carbocycles. The Hall–Kier alpha value is -2.59. The van der Waals surface area contributed by atoms with Gasteiger partial charge in [-0.25, -0.2) is 4.79 Å². The number of thioether (sulfide) groups is 1. The van der Waals surface area contributed by atoms with Gasteiger partial charge >= 0.3 is 11.6 Å². The number of hydrogen-bond acceptors (Lipinski definition) is 3. The van der Waals surface area contributed by atoms with Crippen LogP contribution < -0.4 is 5.32 Å². The molecule has 0 bridgehead atoms. The molecule has 2 aromatic rings. The average molecular weight is 379 g/mol. The predicted octanol–water partition coefficient (Wildman–Crippen LogP) is 4.97. The third kappa shape index (κ3) is 7.99. The largest absolute Gasteiger partial charge is 0.446 e. The van der Waals surface area contributed by atoms with E-state index in [9.17, 15) is 18.0 Å². The number of hydrogen-bond donors (Lipinski definition) is 1. The number of halogens is 3. The molecule has 2 aromatic carbocycles. The van der Waals surface area contributed by atoms with Gasteiger partial charge in [-0.05, 0) is 41.6 Å². The molecule has 3 nitrogen and oxygen atoms in total. The Morgan fingerprint density at radius 2 is 1.77 bits per heavy atom. The highest BCUT2D eigenvalue weighted by molar-refractivity contribution is 8.00. The normalized spacial score (nSPS) is 10.6. The summed E-state index contributed by atoms with van der Waals surface area (Å²) in [7, 11) is 0. The van der Waals surface area contributed by atoms with Crippen molar-refractivity contribution in [2.75, 3.05) is 6.54 Å². The van der Waals surface area contributed by atoms with Crippen molar-refractivity contribution < 1.29 is 22.7 Å². The SMILES string of the molecule is O=C(NCCC#Cc1ccc(SC(F)(F)F)cc1)OCc1ccccc1. The van der Waals surface area contributed by atoms with Crippen molar-refractivity contribution in [2.45, 2.75) is 23.4 Å². The van der Waals surface area contributed by atoms with Crippen molar-refractivity contribution in [1.82, 2.24) is 5.32 Å². The lowest BCUT2D eigenvalue weighted by molar-refractivity contribution is -0.0328. The van der Waals surface area contributed by atoms with Crippen molar-refractivity contribution in [1.29, 1.82) is 0 Å². The van der Waals surface area contributed by atoms with Gasteiger partial charge in [-0.1, -0.05) is 42.2 Å². The summed E-state index contributed by atoms with van der Waals surface area (Å²) in [5, 5.41) is 2.58. The second kappa shape index (κ2) is 9.78. The fraction of sp³-hybridized carbons (Fsp3) is 0.211. The minimum absolute atomic E-state index is 0.117. The van der Waals surface area contributed by atoms with E-state index in [4.69, 9.17) is 4.74 Å². The van der Waals surface area contributed by atoms with Crippen LogP contribution >= 0.6 is 11.8 Å². The topological polar surface area (TPSA) is 38.3 Å². The summed E-state index contributed by atoms with van der Waals surface area (Å²) in [6.45, 7) is 0.517. The van der Waals surface area contributed by atoms with Crippen molar-refractivity contribution in [3.05, 3.63) is 65.7 Å². The molecule has 0 heterocycles. The molecule has 26 heavy (non-hydrogen) atoms. The number of nitrogens with one attached hydrogen (secondary N) is 1. The molecule has 0 aliphatic rings. The van der Waals surface area contributed by atoms with E-state index >= 15 is 0 Å². The minimum atomic E-state index is -4.30. The Balaban J connectivity index is 1.67. The van der Waals surface area contributed by atoms with Crippen LogP contribution in [0.15, 0.2) is 59.5 Å². The van der Waals surface area contributed by atoms with Gasteiger partial charge in [0.1, 0.15) is 6.61 Å². The Morgan fingerprint density at radius 1 is 1.08 bits per heavy atom. The van der Waals surface area contributed by atoms with Crippen LogP contribution in [0.3, 0.4) is 0 Å². The van der Waals surface area contributed by atoms with Crippen molar-refractivity contribution in [3.8, 4) is 11.8 Å². The molecule has 136 valence electrons. The second-order valence-electron chi connectivity index (χ2n) is 5.11. The first-order valence-corrected chi connectivity index (χ1v) is 8.53. The maximum absolute atomic E-state index is 12.2. The molecule has 0 atom stereocenters. The molecule has 0 fully saturated rings. The highest BCUT2D eigenvalue weighted by Crippen LogP contribution is 2.36. The van der Waals surface area contributed by atoms with E-state index in [0.29, 0.717) is 18.5 Å². The third-order valence-electron chi connectivity index (χ3n) is 3.05. The molecule has 0 aliphatic heterocycles. The van der Waals surface area contributed by atoms with Gasteiger partial charge in [-0.15, -0.1) is 0 Å². The zero-order valence-corrected chi connectivity index (χ0v) is 14.5. The summed E-state index contributed by atoms with van der Waals surface area (Å²) < 4.78 is 41.8. The molecule has 2 rings (SSSR count). The standard InChI is InChI=1S/C19H16F3NO2S/c20-19(21,22)26-17-11-9-15(10-12-17)6-4-5-13-23-18(24)25-14-16-7-2-1-3-8-16/h1-3,7-12H,5,13-14H2,(H,23,24). The third-order valence-corrected chi connectivity index (χ3v) is 3.79. The summed E-state index contributed by atoms with van der Waals surface area (Å²) >= 11 is -0.162. The van der Waals surface area contributed by atoms with Gasteiger partial charge in [-0.2, -0.15) is 13.2 Å². The first kappa shape index (κ1) is 19.7. The van der Waals surface area contributed by atoms with Crippen LogP contribution in [0.1, 0.15) is 17.5 Å². The van der Waals surface area contributed by atoms with Gasteiger partial charge in [0.15, 0.2) is 0 Å². The molecule has 0 radical (unpaired) electrons. The highest BCUT2D eigenvalue weighted by atomic mass is 32.2. The van der Waals surface area contributed by atoms with E-state index in [1.54, 1.807) is 0 Å². The van der Waals surface area contributed by atoms with Gasteiger partial charge < -0.3 is 10.1 Å². The predicted molar refractivity (Wildman–Crippen MR) is 94.5 cm³/mol. The number of ether oxygens (including phenoxy) is 1. The lowest BCUT2D eigenvalue weighted by atomic mass is 10.2. The van der Waals surface area contributed by atoms with Gasteiger partial charge in [0.05, 0.1) is 0 Å². The first-order valence-electron chi connectivity index (χ1n) is 7.71. The second-order valence-corrected chi connectivity index (χ2v) is 6.25. The Labute approximate surface area is 153 Å². The van der Waals surface area contributed by atoms with E-state index in [1.165, 1.54) is 24.3 Å².